The van der Waals surface area contributed by atoms with E-state index < -0.39 is 0 Å². The fourth-order valence-electron chi connectivity index (χ4n) is 1.03. The minimum atomic E-state index is -0.140. The van der Waals surface area contributed by atoms with Crippen LogP contribution >= 0.6 is 0 Å². The minimum Gasteiger partial charge on any atom is -0.382 e. The maximum atomic E-state index is 5.37. The Labute approximate surface area is 92.0 Å². The average Bonchev–Trinajstić information content (AvgIpc) is 2.24. The standard InChI is InChI=1S/C10H23NO4/c1-4-13-10(14-5-2)6-7-11-15-9-8-12-3/h10-11H,4-9H2,1-3H3. The molecule has 0 aromatic carbocycles. The number of hydroxylamine groups is 1. The Bertz CT molecular complexity index is 118. The molecular formula is C10H23NO4. The molecule has 0 bridgehead atoms. The van der Waals surface area contributed by atoms with Crippen molar-refractivity contribution in [3.63, 3.8) is 0 Å². The van der Waals surface area contributed by atoms with E-state index in [1.165, 1.54) is 0 Å². The normalized spacial score (nSPS) is 11.2. The molecule has 0 aliphatic carbocycles. The van der Waals surface area contributed by atoms with E-state index in [9.17, 15) is 0 Å². The Morgan fingerprint density at radius 2 is 1.73 bits per heavy atom. The second kappa shape index (κ2) is 11.9. The zero-order valence-electron chi connectivity index (χ0n) is 9.95. The van der Waals surface area contributed by atoms with Gasteiger partial charge in [0.15, 0.2) is 6.29 Å². The Morgan fingerprint density at radius 3 is 2.27 bits per heavy atom. The van der Waals surface area contributed by atoms with Gasteiger partial charge in [-0.05, 0) is 13.8 Å². The van der Waals surface area contributed by atoms with E-state index >= 15 is 0 Å². The summed E-state index contributed by atoms with van der Waals surface area (Å²) in [6, 6.07) is 0. The lowest BCUT2D eigenvalue weighted by Crippen LogP contribution is -2.26. The highest BCUT2D eigenvalue weighted by Gasteiger charge is 2.06. The lowest BCUT2D eigenvalue weighted by molar-refractivity contribution is -0.142. The van der Waals surface area contributed by atoms with Gasteiger partial charge >= 0.3 is 0 Å². The number of rotatable bonds is 11. The van der Waals surface area contributed by atoms with E-state index in [-0.39, 0.29) is 6.29 Å². The quantitative estimate of drug-likeness (QED) is 0.320. The molecule has 0 radical (unpaired) electrons. The van der Waals surface area contributed by atoms with Crippen LogP contribution in [0.4, 0.5) is 0 Å². The SMILES string of the molecule is CCOC(CCNOCCOC)OCC. The van der Waals surface area contributed by atoms with Crippen molar-refractivity contribution in [1.82, 2.24) is 5.48 Å². The van der Waals surface area contributed by atoms with Gasteiger partial charge in [-0.15, -0.1) is 0 Å². The molecule has 0 spiro atoms. The van der Waals surface area contributed by atoms with Gasteiger partial charge in [0.25, 0.3) is 0 Å². The van der Waals surface area contributed by atoms with Crippen LogP contribution in [0.5, 0.6) is 0 Å². The Kier molecular flexibility index (Phi) is 11.7. The molecule has 0 saturated carbocycles. The molecule has 0 aliphatic rings. The van der Waals surface area contributed by atoms with Gasteiger partial charge in [0, 0.05) is 33.3 Å². The molecule has 0 heterocycles. The zero-order chi connectivity index (χ0) is 11.4. The molecule has 5 heteroatoms. The van der Waals surface area contributed by atoms with E-state index in [1.807, 2.05) is 13.8 Å². The van der Waals surface area contributed by atoms with Gasteiger partial charge in [0.1, 0.15) is 0 Å². The number of nitrogens with one attached hydrogen (secondary N) is 1. The largest absolute Gasteiger partial charge is 0.382 e. The summed E-state index contributed by atoms with van der Waals surface area (Å²) in [5.41, 5.74) is 2.83. The van der Waals surface area contributed by atoms with Crippen molar-refractivity contribution >= 4 is 0 Å². The van der Waals surface area contributed by atoms with E-state index in [1.54, 1.807) is 7.11 Å². The van der Waals surface area contributed by atoms with Gasteiger partial charge in [-0.3, -0.25) is 4.84 Å². The maximum absolute atomic E-state index is 5.37. The van der Waals surface area contributed by atoms with Gasteiger partial charge in [0.05, 0.1) is 13.2 Å². The molecule has 5 nitrogen and oxygen atoms in total. The second-order valence-electron chi connectivity index (χ2n) is 2.86. The highest BCUT2D eigenvalue weighted by atomic mass is 16.7. The third kappa shape index (κ3) is 10.1. The van der Waals surface area contributed by atoms with E-state index in [2.05, 4.69) is 5.48 Å². The Hall–Kier alpha value is -0.200. The fourth-order valence-corrected chi connectivity index (χ4v) is 1.03. The smallest absolute Gasteiger partial charge is 0.158 e. The molecule has 0 rings (SSSR count). The molecular weight excluding hydrogens is 198 g/mol. The van der Waals surface area contributed by atoms with Crippen LogP contribution in [-0.4, -0.2) is 46.4 Å². The molecule has 0 aromatic heterocycles. The molecule has 15 heavy (non-hydrogen) atoms. The fraction of sp³-hybridized carbons (Fsp3) is 1.00. The molecule has 0 aliphatic heterocycles. The van der Waals surface area contributed by atoms with E-state index in [0.29, 0.717) is 33.0 Å². The first-order valence-electron chi connectivity index (χ1n) is 5.41. The van der Waals surface area contributed by atoms with Gasteiger partial charge in [-0.1, -0.05) is 0 Å². The van der Waals surface area contributed by atoms with Crippen molar-refractivity contribution in [3.05, 3.63) is 0 Å². The highest BCUT2D eigenvalue weighted by molar-refractivity contribution is 4.46. The van der Waals surface area contributed by atoms with Crippen LogP contribution in [0.2, 0.25) is 0 Å². The zero-order valence-corrected chi connectivity index (χ0v) is 9.95. The molecule has 0 fully saturated rings. The summed E-state index contributed by atoms with van der Waals surface area (Å²) in [6.07, 6.45) is 0.632. The average molecular weight is 221 g/mol. The van der Waals surface area contributed by atoms with E-state index in [4.69, 9.17) is 19.0 Å². The minimum absolute atomic E-state index is 0.140. The van der Waals surface area contributed by atoms with Crippen LogP contribution in [-0.2, 0) is 19.0 Å². The van der Waals surface area contributed by atoms with Crippen molar-refractivity contribution < 1.29 is 19.0 Å². The molecule has 0 unspecified atom stereocenters. The first-order chi connectivity index (χ1) is 7.35. The van der Waals surface area contributed by atoms with Crippen LogP contribution in [0.15, 0.2) is 0 Å². The van der Waals surface area contributed by atoms with Crippen molar-refractivity contribution in [2.45, 2.75) is 26.6 Å². The first-order valence-corrected chi connectivity index (χ1v) is 5.41. The van der Waals surface area contributed by atoms with E-state index in [0.717, 1.165) is 6.42 Å². The predicted molar refractivity (Wildman–Crippen MR) is 57.5 cm³/mol. The lowest BCUT2D eigenvalue weighted by Gasteiger charge is -2.16. The number of hydrogen-bond donors (Lipinski definition) is 1. The van der Waals surface area contributed by atoms with Crippen LogP contribution in [0.3, 0.4) is 0 Å². The monoisotopic (exact) mass is 221 g/mol. The summed E-state index contributed by atoms with van der Waals surface area (Å²) in [5.74, 6) is 0. The molecule has 0 atom stereocenters. The van der Waals surface area contributed by atoms with Crippen molar-refractivity contribution in [2.75, 3.05) is 40.1 Å². The third-order valence-corrected chi connectivity index (χ3v) is 1.68. The Morgan fingerprint density at radius 1 is 1.07 bits per heavy atom. The Balaban J connectivity index is 3.28. The molecule has 0 saturated heterocycles. The second-order valence-corrected chi connectivity index (χ2v) is 2.86. The van der Waals surface area contributed by atoms with Gasteiger partial charge in [-0.2, -0.15) is 0 Å². The van der Waals surface area contributed by atoms with Crippen LogP contribution in [0, 0.1) is 0 Å². The number of hydrogen-bond acceptors (Lipinski definition) is 5. The molecule has 0 amide bonds. The maximum Gasteiger partial charge on any atom is 0.158 e. The lowest BCUT2D eigenvalue weighted by atomic mass is 10.4. The van der Waals surface area contributed by atoms with Crippen molar-refractivity contribution in [2.24, 2.45) is 0 Å². The van der Waals surface area contributed by atoms with Gasteiger partial charge in [0.2, 0.25) is 0 Å². The third-order valence-electron chi connectivity index (χ3n) is 1.68. The van der Waals surface area contributed by atoms with Crippen LogP contribution in [0.25, 0.3) is 0 Å². The molecule has 92 valence electrons. The molecule has 1 N–H and O–H groups in total. The summed E-state index contributed by atoms with van der Waals surface area (Å²) in [4.78, 5) is 5.09. The summed E-state index contributed by atoms with van der Waals surface area (Å²) < 4.78 is 15.6. The summed E-state index contributed by atoms with van der Waals surface area (Å²) >= 11 is 0. The van der Waals surface area contributed by atoms with Crippen LogP contribution < -0.4 is 5.48 Å². The highest BCUT2D eigenvalue weighted by Crippen LogP contribution is 1.99. The van der Waals surface area contributed by atoms with Crippen LogP contribution in [0.1, 0.15) is 20.3 Å². The first kappa shape index (κ1) is 14.8. The summed E-state index contributed by atoms with van der Waals surface area (Å²) in [7, 11) is 1.64. The van der Waals surface area contributed by atoms with Gasteiger partial charge < -0.3 is 14.2 Å². The van der Waals surface area contributed by atoms with Crippen molar-refractivity contribution in [3.8, 4) is 0 Å². The number of ether oxygens (including phenoxy) is 3. The summed E-state index contributed by atoms with van der Waals surface area (Å²) in [6.45, 7) is 7.07. The van der Waals surface area contributed by atoms with Crippen molar-refractivity contribution in [1.29, 1.82) is 0 Å². The molecule has 0 aromatic rings. The topological polar surface area (TPSA) is 49.0 Å². The van der Waals surface area contributed by atoms with Gasteiger partial charge in [-0.25, -0.2) is 5.48 Å². The predicted octanol–water partition coefficient (Wildman–Crippen LogP) is 0.943. The number of methoxy groups -OCH3 is 1. The summed E-state index contributed by atoms with van der Waals surface area (Å²) in [5, 5.41) is 0.